The van der Waals surface area contributed by atoms with E-state index < -0.39 is 13.9 Å². The predicted molar refractivity (Wildman–Crippen MR) is 147 cm³/mol. The van der Waals surface area contributed by atoms with Crippen LogP contribution >= 0.6 is 0 Å². The van der Waals surface area contributed by atoms with Gasteiger partial charge < -0.3 is 29.2 Å². The summed E-state index contributed by atoms with van der Waals surface area (Å²) < 4.78 is 17.8. The largest absolute Gasteiger partial charge is 0.444 e. The highest BCUT2D eigenvalue weighted by molar-refractivity contribution is 6.71. The molecular weight excluding hydrogens is 500 g/mol. The van der Waals surface area contributed by atoms with Crippen LogP contribution in [0.4, 0.5) is 4.79 Å². The van der Waals surface area contributed by atoms with E-state index in [1.165, 1.54) is 0 Å². The molecule has 0 bridgehead atoms. The lowest BCUT2D eigenvalue weighted by atomic mass is 9.63. The van der Waals surface area contributed by atoms with E-state index in [0.29, 0.717) is 42.9 Å². The SMILES string of the molecule is CC(C)(C)OC(=O)NCC1CCC2OCC3(CCN(C(=O)C4CCC5OCC([Si](C)(C)O)C5C4)CC3)C2C1. The van der Waals surface area contributed by atoms with E-state index in [0.717, 1.165) is 71.1 Å². The first-order valence-corrected chi connectivity index (χ1v) is 18.1. The van der Waals surface area contributed by atoms with Crippen LogP contribution in [0.1, 0.15) is 72.1 Å². The zero-order valence-electron chi connectivity index (χ0n) is 24.2. The van der Waals surface area contributed by atoms with E-state index in [1.807, 2.05) is 33.9 Å². The lowest BCUT2D eigenvalue weighted by Gasteiger charge is -2.46. The number of carbonyl (C=O) groups is 2. The third-order valence-electron chi connectivity index (χ3n) is 10.4. The average molecular weight is 551 g/mol. The minimum atomic E-state index is -2.30. The molecule has 0 aromatic carbocycles. The maximum Gasteiger partial charge on any atom is 0.407 e. The van der Waals surface area contributed by atoms with Gasteiger partial charge in [0.05, 0.1) is 18.8 Å². The summed E-state index contributed by atoms with van der Waals surface area (Å²) in [4.78, 5) is 38.7. The van der Waals surface area contributed by atoms with Gasteiger partial charge in [0.25, 0.3) is 0 Å². The lowest BCUT2D eigenvalue weighted by molar-refractivity contribution is -0.140. The second-order valence-electron chi connectivity index (χ2n) is 14.5. The topological polar surface area (TPSA) is 97.3 Å². The number of hydrogen-bond acceptors (Lipinski definition) is 6. The van der Waals surface area contributed by atoms with Gasteiger partial charge in [-0.1, -0.05) is 0 Å². The molecule has 3 aliphatic heterocycles. The van der Waals surface area contributed by atoms with E-state index in [2.05, 4.69) is 10.2 Å². The maximum atomic E-state index is 13.6. The molecule has 5 fully saturated rings. The van der Waals surface area contributed by atoms with Gasteiger partial charge in [-0.3, -0.25) is 4.79 Å². The molecule has 0 radical (unpaired) electrons. The Morgan fingerprint density at radius 2 is 1.76 bits per heavy atom. The Labute approximate surface area is 229 Å². The van der Waals surface area contributed by atoms with Crippen molar-refractivity contribution in [3.05, 3.63) is 0 Å². The Kier molecular flexibility index (Phi) is 7.97. The number of rotatable bonds is 4. The standard InChI is InChI=1S/C29H50N2O6Si/c1-28(2,3)37-27(33)30-16-19-6-8-24-22(14-19)29(18-36-24)10-12-31(13-11-29)26(32)20-7-9-23-21(15-20)25(17-35-23)38(4,5)34/h19-25,34H,6-18H2,1-5H3,(H,30,33). The summed E-state index contributed by atoms with van der Waals surface area (Å²) in [6.07, 6.45) is 8.12. The summed E-state index contributed by atoms with van der Waals surface area (Å²) >= 11 is 0. The number of nitrogens with one attached hydrogen (secondary N) is 1. The number of fused-ring (bicyclic) bond motifs is 3. The van der Waals surface area contributed by atoms with Crippen molar-refractivity contribution < 1.29 is 28.6 Å². The van der Waals surface area contributed by atoms with Crippen LogP contribution in [0.5, 0.6) is 0 Å². The monoisotopic (exact) mass is 550 g/mol. The number of ether oxygens (including phenoxy) is 3. The van der Waals surface area contributed by atoms with E-state index in [4.69, 9.17) is 14.2 Å². The van der Waals surface area contributed by atoms with Crippen LogP contribution < -0.4 is 5.32 Å². The zero-order valence-corrected chi connectivity index (χ0v) is 25.2. The third kappa shape index (κ3) is 5.96. The Morgan fingerprint density at radius 1 is 1.05 bits per heavy atom. The Morgan fingerprint density at radius 3 is 2.45 bits per heavy atom. The number of carbonyl (C=O) groups excluding carboxylic acids is 2. The van der Waals surface area contributed by atoms with Crippen molar-refractivity contribution >= 4 is 20.3 Å². The fourth-order valence-electron chi connectivity index (χ4n) is 8.24. The van der Waals surface area contributed by atoms with Gasteiger partial charge >= 0.3 is 6.09 Å². The highest BCUT2D eigenvalue weighted by Crippen LogP contribution is 2.53. The normalized spacial score (nSPS) is 37.0. The van der Waals surface area contributed by atoms with Crippen LogP contribution in [-0.4, -0.2) is 80.7 Å². The first kappa shape index (κ1) is 28.4. The van der Waals surface area contributed by atoms with Gasteiger partial charge in [-0.25, -0.2) is 4.79 Å². The molecule has 0 aromatic rings. The molecule has 38 heavy (non-hydrogen) atoms. The summed E-state index contributed by atoms with van der Waals surface area (Å²) in [6, 6.07) is 0. The smallest absolute Gasteiger partial charge is 0.407 e. The second kappa shape index (κ2) is 10.7. The van der Waals surface area contributed by atoms with Gasteiger partial charge in [0.2, 0.25) is 5.91 Å². The molecule has 2 aliphatic carbocycles. The van der Waals surface area contributed by atoms with Gasteiger partial charge in [0, 0.05) is 43.1 Å². The van der Waals surface area contributed by atoms with Crippen molar-refractivity contribution in [3.63, 3.8) is 0 Å². The fourth-order valence-corrected chi connectivity index (χ4v) is 10.1. The molecule has 216 valence electrons. The number of piperidine rings is 1. The molecular formula is C29H50N2O6Si. The number of likely N-dealkylation sites (tertiary alicyclic amines) is 1. The average Bonchev–Trinajstić information content (AvgIpc) is 3.43. The van der Waals surface area contributed by atoms with Crippen LogP contribution in [0.3, 0.4) is 0 Å². The molecule has 2 N–H and O–H groups in total. The van der Waals surface area contributed by atoms with E-state index in [1.54, 1.807) is 0 Å². The van der Waals surface area contributed by atoms with Crippen molar-refractivity contribution in [2.45, 2.75) is 109 Å². The van der Waals surface area contributed by atoms with Crippen molar-refractivity contribution in [1.29, 1.82) is 0 Å². The third-order valence-corrected chi connectivity index (χ3v) is 12.8. The van der Waals surface area contributed by atoms with E-state index in [9.17, 15) is 14.4 Å². The summed E-state index contributed by atoms with van der Waals surface area (Å²) in [5, 5.41) is 2.99. The van der Waals surface area contributed by atoms with E-state index >= 15 is 0 Å². The molecule has 1 spiro atoms. The van der Waals surface area contributed by atoms with Crippen molar-refractivity contribution in [1.82, 2.24) is 10.2 Å². The number of nitrogens with zero attached hydrogens (tertiary/aromatic N) is 1. The maximum absolute atomic E-state index is 13.6. The molecule has 3 saturated heterocycles. The number of hydrogen-bond donors (Lipinski definition) is 2. The highest BCUT2D eigenvalue weighted by Gasteiger charge is 2.54. The van der Waals surface area contributed by atoms with Crippen molar-refractivity contribution in [2.75, 3.05) is 32.8 Å². The van der Waals surface area contributed by atoms with Gasteiger partial charge in [-0.2, -0.15) is 0 Å². The zero-order chi connectivity index (χ0) is 27.3. The molecule has 5 rings (SSSR count). The van der Waals surface area contributed by atoms with Crippen LogP contribution in [0.2, 0.25) is 18.6 Å². The fraction of sp³-hybridized carbons (Fsp3) is 0.931. The summed E-state index contributed by atoms with van der Waals surface area (Å²) in [6.45, 7) is 13.4. The first-order chi connectivity index (χ1) is 17.8. The Bertz CT molecular complexity index is 877. The summed E-state index contributed by atoms with van der Waals surface area (Å²) in [7, 11) is -2.30. The molecule has 2 saturated carbocycles. The van der Waals surface area contributed by atoms with Crippen LogP contribution in [0, 0.1) is 29.1 Å². The molecule has 7 atom stereocenters. The molecule has 3 heterocycles. The molecule has 5 aliphatic rings. The Balaban J connectivity index is 1.14. The number of amides is 2. The van der Waals surface area contributed by atoms with Gasteiger partial charge in [0.1, 0.15) is 5.60 Å². The molecule has 8 nitrogen and oxygen atoms in total. The van der Waals surface area contributed by atoms with Crippen molar-refractivity contribution in [3.8, 4) is 0 Å². The van der Waals surface area contributed by atoms with Gasteiger partial charge in [-0.15, -0.1) is 0 Å². The Hall–Kier alpha value is -1.16. The minimum absolute atomic E-state index is 0.0661. The van der Waals surface area contributed by atoms with Crippen molar-refractivity contribution in [2.24, 2.45) is 29.1 Å². The van der Waals surface area contributed by atoms with E-state index in [-0.39, 0.29) is 29.1 Å². The first-order valence-electron chi connectivity index (χ1n) is 15.1. The minimum Gasteiger partial charge on any atom is -0.444 e. The lowest BCUT2D eigenvalue weighted by Crippen LogP contribution is -2.50. The second-order valence-corrected chi connectivity index (χ2v) is 18.6. The van der Waals surface area contributed by atoms with Crippen LogP contribution in [0.25, 0.3) is 0 Å². The van der Waals surface area contributed by atoms with Crippen LogP contribution in [0.15, 0.2) is 0 Å². The molecule has 9 heteroatoms. The molecule has 7 unspecified atom stereocenters. The summed E-state index contributed by atoms with van der Waals surface area (Å²) in [5.74, 6) is 1.66. The predicted octanol–water partition coefficient (Wildman–Crippen LogP) is 4.32. The molecule has 0 aromatic heterocycles. The van der Waals surface area contributed by atoms with Gasteiger partial charge in [-0.05, 0) is 103 Å². The summed E-state index contributed by atoms with van der Waals surface area (Å²) in [5.41, 5.74) is -0.0930. The molecule has 2 amide bonds. The van der Waals surface area contributed by atoms with Crippen LogP contribution in [-0.2, 0) is 19.0 Å². The van der Waals surface area contributed by atoms with Gasteiger partial charge in [0.15, 0.2) is 8.32 Å². The number of alkyl carbamates (subject to hydrolysis) is 1. The quantitative estimate of drug-likeness (QED) is 0.506. The highest BCUT2D eigenvalue weighted by atomic mass is 28.4.